The van der Waals surface area contributed by atoms with Crippen LogP contribution in [0.2, 0.25) is 0 Å². The molecular weight excluding hydrogens is 210 g/mol. The maximum atomic E-state index is 10.9. The van der Waals surface area contributed by atoms with Gasteiger partial charge in [0.2, 0.25) is 0 Å². The first-order chi connectivity index (χ1) is 8.35. The molecule has 17 heavy (non-hydrogen) atoms. The lowest BCUT2D eigenvalue weighted by Crippen LogP contribution is -2.17. The second kappa shape index (κ2) is 5.97. The van der Waals surface area contributed by atoms with Gasteiger partial charge in [-0.2, -0.15) is 0 Å². The van der Waals surface area contributed by atoms with Crippen molar-refractivity contribution in [3.05, 3.63) is 35.4 Å². The molecule has 0 radical (unpaired) electrons. The molecule has 1 N–H and O–H groups in total. The average Bonchev–Trinajstić information content (AvgIpc) is 2.42. The van der Waals surface area contributed by atoms with Crippen LogP contribution >= 0.6 is 0 Å². The van der Waals surface area contributed by atoms with E-state index in [1.54, 1.807) is 0 Å². The van der Waals surface area contributed by atoms with Gasteiger partial charge in [0.05, 0.1) is 6.04 Å². The molecule has 1 aliphatic carbocycles. The van der Waals surface area contributed by atoms with Crippen molar-refractivity contribution in [1.82, 2.24) is 5.32 Å². The first-order valence-corrected chi connectivity index (χ1v) is 6.57. The number of rotatable bonds is 4. The smallest absolute Gasteiger partial charge is 0.141 e. The molecule has 92 valence electrons. The number of aldehydes is 1. The van der Waals surface area contributed by atoms with Crippen LogP contribution in [-0.2, 0) is 4.79 Å². The minimum absolute atomic E-state index is 0.171. The van der Waals surface area contributed by atoms with Crippen LogP contribution < -0.4 is 5.32 Å². The SMILES string of the molecule is CNC(C=O)c1ccc(C2CCCCC2)cc1. The third-order valence-electron chi connectivity index (χ3n) is 3.82. The zero-order valence-corrected chi connectivity index (χ0v) is 10.5. The van der Waals surface area contributed by atoms with Crippen molar-refractivity contribution in [1.29, 1.82) is 0 Å². The lowest BCUT2D eigenvalue weighted by atomic mass is 9.84. The fourth-order valence-corrected chi connectivity index (χ4v) is 2.72. The normalized spacial score (nSPS) is 18.9. The van der Waals surface area contributed by atoms with Gasteiger partial charge in [-0.1, -0.05) is 43.5 Å². The first-order valence-electron chi connectivity index (χ1n) is 6.57. The van der Waals surface area contributed by atoms with E-state index in [1.807, 2.05) is 7.05 Å². The Balaban J connectivity index is 2.08. The van der Waals surface area contributed by atoms with Gasteiger partial charge in [-0.25, -0.2) is 0 Å². The van der Waals surface area contributed by atoms with E-state index < -0.39 is 0 Å². The van der Waals surface area contributed by atoms with Crippen molar-refractivity contribution in [2.75, 3.05) is 7.05 Å². The lowest BCUT2D eigenvalue weighted by molar-refractivity contribution is -0.109. The summed E-state index contributed by atoms with van der Waals surface area (Å²) in [6, 6.07) is 8.38. The Labute approximate surface area is 103 Å². The molecule has 0 amide bonds. The molecule has 0 spiro atoms. The zero-order valence-electron chi connectivity index (χ0n) is 10.5. The monoisotopic (exact) mass is 231 g/mol. The van der Waals surface area contributed by atoms with Crippen molar-refractivity contribution in [2.45, 2.75) is 44.1 Å². The highest BCUT2D eigenvalue weighted by atomic mass is 16.1. The van der Waals surface area contributed by atoms with E-state index in [9.17, 15) is 4.79 Å². The molecule has 1 fully saturated rings. The minimum atomic E-state index is -0.171. The fourth-order valence-electron chi connectivity index (χ4n) is 2.72. The number of nitrogens with one attached hydrogen (secondary N) is 1. The molecular formula is C15H21NO. The van der Waals surface area contributed by atoms with E-state index in [-0.39, 0.29) is 6.04 Å². The molecule has 2 rings (SSSR count). The van der Waals surface area contributed by atoms with Gasteiger partial charge in [-0.15, -0.1) is 0 Å². The van der Waals surface area contributed by atoms with Gasteiger partial charge >= 0.3 is 0 Å². The molecule has 2 nitrogen and oxygen atoms in total. The Morgan fingerprint density at radius 1 is 1.18 bits per heavy atom. The molecule has 1 aromatic carbocycles. The number of likely N-dealkylation sites (N-methyl/N-ethyl adjacent to an activating group) is 1. The van der Waals surface area contributed by atoms with Gasteiger partial charge < -0.3 is 10.1 Å². The predicted octanol–water partition coefficient (Wildman–Crippen LogP) is 3.19. The first kappa shape index (κ1) is 12.3. The van der Waals surface area contributed by atoms with Gasteiger partial charge in [-0.3, -0.25) is 0 Å². The standard InChI is InChI=1S/C15H21NO/c1-16-15(11-17)14-9-7-13(8-10-14)12-5-3-2-4-6-12/h7-12,15-16H,2-6H2,1H3. The van der Waals surface area contributed by atoms with E-state index in [4.69, 9.17) is 0 Å². The summed E-state index contributed by atoms with van der Waals surface area (Å²) in [4.78, 5) is 10.9. The molecule has 2 heteroatoms. The van der Waals surface area contributed by atoms with Crippen LogP contribution in [0.5, 0.6) is 0 Å². The molecule has 1 unspecified atom stereocenters. The fraction of sp³-hybridized carbons (Fsp3) is 0.533. The third kappa shape index (κ3) is 2.95. The molecule has 1 saturated carbocycles. The highest BCUT2D eigenvalue weighted by molar-refractivity contribution is 5.61. The minimum Gasteiger partial charge on any atom is -0.307 e. The molecule has 0 aromatic heterocycles. The van der Waals surface area contributed by atoms with Crippen molar-refractivity contribution in [3.63, 3.8) is 0 Å². The number of hydrogen-bond acceptors (Lipinski definition) is 2. The van der Waals surface area contributed by atoms with Gasteiger partial charge in [0, 0.05) is 0 Å². The van der Waals surface area contributed by atoms with Gasteiger partial charge in [-0.05, 0) is 36.9 Å². The Hall–Kier alpha value is -1.15. The van der Waals surface area contributed by atoms with Crippen LogP contribution in [0.15, 0.2) is 24.3 Å². The Bertz CT molecular complexity index is 352. The quantitative estimate of drug-likeness (QED) is 0.806. The molecule has 0 aliphatic heterocycles. The largest absolute Gasteiger partial charge is 0.307 e. The number of carbonyl (C=O) groups excluding carboxylic acids is 1. The van der Waals surface area contributed by atoms with Crippen molar-refractivity contribution in [2.24, 2.45) is 0 Å². The number of carbonyl (C=O) groups is 1. The maximum absolute atomic E-state index is 10.9. The Morgan fingerprint density at radius 3 is 2.35 bits per heavy atom. The lowest BCUT2D eigenvalue weighted by Gasteiger charge is -2.22. The van der Waals surface area contributed by atoms with E-state index >= 15 is 0 Å². The summed E-state index contributed by atoms with van der Waals surface area (Å²) in [7, 11) is 1.81. The second-order valence-electron chi connectivity index (χ2n) is 4.90. The molecule has 0 bridgehead atoms. The molecule has 1 atom stereocenters. The summed E-state index contributed by atoms with van der Waals surface area (Å²) >= 11 is 0. The highest BCUT2D eigenvalue weighted by Gasteiger charge is 2.15. The van der Waals surface area contributed by atoms with Crippen LogP contribution in [0.25, 0.3) is 0 Å². The van der Waals surface area contributed by atoms with Crippen LogP contribution in [-0.4, -0.2) is 13.3 Å². The zero-order chi connectivity index (χ0) is 12.1. The average molecular weight is 231 g/mol. The van der Waals surface area contributed by atoms with Crippen molar-refractivity contribution < 1.29 is 4.79 Å². The van der Waals surface area contributed by atoms with Gasteiger partial charge in [0.15, 0.2) is 0 Å². The summed E-state index contributed by atoms with van der Waals surface area (Å²) in [5.74, 6) is 0.738. The summed E-state index contributed by atoms with van der Waals surface area (Å²) in [6.45, 7) is 0. The summed E-state index contributed by atoms with van der Waals surface area (Å²) in [5.41, 5.74) is 2.50. The summed E-state index contributed by atoms with van der Waals surface area (Å²) in [6.07, 6.45) is 7.71. The molecule has 1 aromatic rings. The number of hydrogen-bond donors (Lipinski definition) is 1. The maximum Gasteiger partial charge on any atom is 0.141 e. The number of benzene rings is 1. The summed E-state index contributed by atoms with van der Waals surface area (Å²) < 4.78 is 0. The predicted molar refractivity (Wildman–Crippen MR) is 70.1 cm³/mol. The van der Waals surface area contributed by atoms with Crippen molar-refractivity contribution in [3.8, 4) is 0 Å². The Kier molecular flexibility index (Phi) is 4.32. The van der Waals surface area contributed by atoms with E-state index in [0.29, 0.717) is 0 Å². The van der Waals surface area contributed by atoms with E-state index in [0.717, 1.165) is 17.8 Å². The van der Waals surface area contributed by atoms with Crippen molar-refractivity contribution >= 4 is 6.29 Å². The van der Waals surface area contributed by atoms with E-state index in [1.165, 1.54) is 37.7 Å². The highest BCUT2D eigenvalue weighted by Crippen LogP contribution is 2.32. The summed E-state index contributed by atoms with van der Waals surface area (Å²) in [5, 5.41) is 3.00. The van der Waals surface area contributed by atoms with Gasteiger partial charge in [0.1, 0.15) is 6.29 Å². The van der Waals surface area contributed by atoms with Crippen LogP contribution in [0, 0.1) is 0 Å². The van der Waals surface area contributed by atoms with Crippen LogP contribution in [0.3, 0.4) is 0 Å². The molecule has 0 saturated heterocycles. The topological polar surface area (TPSA) is 29.1 Å². The molecule has 1 aliphatic rings. The van der Waals surface area contributed by atoms with Gasteiger partial charge in [0.25, 0.3) is 0 Å². The van der Waals surface area contributed by atoms with Crippen LogP contribution in [0.4, 0.5) is 0 Å². The second-order valence-corrected chi connectivity index (χ2v) is 4.90. The molecule has 0 heterocycles. The third-order valence-corrected chi connectivity index (χ3v) is 3.82. The van der Waals surface area contributed by atoms with E-state index in [2.05, 4.69) is 29.6 Å². The Morgan fingerprint density at radius 2 is 1.82 bits per heavy atom. The van der Waals surface area contributed by atoms with Crippen LogP contribution in [0.1, 0.15) is 55.2 Å².